The topological polar surface area (TPSA) is 87.5 Å². The van der Waals surface area contributed by atoms with E-state index in [0.29, 0.717) is 17.9 Å². The lowest BCUT2D eigenvalue weighted by molar-refractivity contribution is -0.138. The average molecular weight is 516 g/mol. The molecular weight excluding hydrogens is 490 g/mol. The molecule has 1 heterocycles. The Bertz CT molecular complexity index is 1150. The highest BCUT2D eigenvalue weighted by Gasteiger charge is 2.14. The number of rotatable bonds is 13. The van der Waals surface area contributed by atoms with Crippen molar-refractivity contribution >= 4 is 70.1 Å². The van der Waals surface area contributed by atoms with Gasteiger partial charge in [0.25, 0.3) is 0 Å². The minimum atomic E-state index is -0.789. The smallest absolute Gasteiger partial charge is 0.303 e. The number of carbonyl (C=O) groups is 2. The third kappa shape index (κ3) is 8.70. The van der Waals surface area contributed by atoms with Gasteiger partial charge in [0.15, 0.2) is 0 Å². The summed E-state index contributed by atoms with van der Waals surface area (Å²) in [6, 6.07) is 17.8. The van der Waals surface area contributed by atoms with Crippen LogP contribution in [0, 0.1) is 0 Å². The van der Waals surface area contributed by atoms with Crippen LogP contribution >= 0.6 is 35.1 Å². The summed E-state index contributed by atoms with van der Waals surface area (Å²) in [6.45, 7) is 0. The molecule has 0 saturated heterocycles. The summed E-state index contributed by atoms with van der Waals surface area (Å²) in [5.74, 6) is -0.120. The van der Waals surface area contributed by atoms with Crippen molar-refractivity contribution in [2.45, 2.75) is 30.3 Å². The number of hydrogen-bond donors (Lipinski definition) is 2. The first-order valence-corrected chi connectivity index (χ1v) is 13.4. The maximum Gasteiger partial charge on any atom is 0.303 e. The second-order valence-electron chi connectivity index (χ2n) is 7.64. The van der Waals surface area contributed by atoms with Crippen molar-refractivity contribution in [1.82, 2.24) is 4.98 Å². The molecule has 0 atom stereocenters. The number of benzene rings is 2. The summed E-state index contributed by atoms with van der Waals surface area (Å²) in [5.41, 5.74) is 3.84. The Labute approximate surface area is 212 Å². The molecule has 0 aliphatic rings. The number of carboxylic acid groups (broad SMARTS) is 2. The molecule has 2 N–H and O–H groups in total. The summed E-state index contributed by atoms with van der Waals surface area (Å²) < 4.78 is 0.108. The zero-order valence-electron chi connectivity index (χ0n) is 18.5. The molecule has 8 heteroatoms. The van der Waals surface area contributed by atoms with Crippen LogP contribution in [0.1, 0.15) is 47.1 Å². The summed E-state index contributed by atoms with van der Waals surface area (Å²) in [6.07, 6.45) is 5.48. The number of aliphatic carboxylic acids is 2. The van der Waals surface area contributed by atoms with E-state index in [1.165, 1.54) is 0 Å². The Balaban J connectivity index is 1.71. The molecule has 0 aliphatic carbocycles. The second kappa shape index (κ2) is 13.4. The lowest BCUT2D eigenvalue weighted by atomic mass is 10.1. The van der Waals surface area contributed by atoms with Gasteiger partial charge in [-0.05, 0) is 65.8 Å². The van der Waals surface area contributed by atoms with E-state index in [-0.39, 0.29) is 17.4 Å². The van der Waals surface area contributed by atoms with E-state index in [2.05, 4.69) is 17.1 Å². The Morgan fingerprint density at radius 2 is 1.59 bits per heavy atom. The summed E-state index contributed by atoms with van der Waals surface area (Å²) in [7, 11) is 0. The first kappa shape index (κ1) is 26.1. The molecular formula is C26H26ClNO4S2. The fourth-order valence-electron chi connectivity index (χ4n) is 3.26. The summed E-state index contributed by atoms with van der Waals surface area (Å²) in [4.78, 5) is 26.3. The lowest BCUT2D eigenvalue weighted by Gasteiger charge is -2.17. The van der Waals surface area contributed by atoms with Gasteiger partial charge in [-0.15, -0.1) is 23.5 Å². The highest BCUT2D eigenvalue weighted by atomic mass is 35.5. The molecule has 0 aliphatic heterocycles. The summed E-state index contributed by atoms with van der Waals surface area (Å²) in [5, 5.41) is 19.5. The normalized spacial score (nSPS) is 11.5. The Morgan fingerprint density at radius 1 is 0.912 bits per heavy atom. The van der Waals surface area contributed by atoms with Crippen molar-refractivity contribution in [1.29, 1.82) is 0 Å². The molecule has 0 radical (unpaired) electrons. The maximum absolute atomic E-state index is 10.8. The molecule has 0 bridgehead atoms. The van der Waals surface area contributed by atoms with E-state index < -0.39 is 11.9 Å². The molecule has 3 rings (SSSR count). The molecule has 0 saturated carbocycles. The van der Waals surface area contributed by atoms with E-state index >= 15 is 0 Å². The molecule has 0 unspecified atom stereocenters. The van der Waals surface area contributed by atoms with E-state index in [9.17, 15) is 9.59 Å². The van der Waals surface area contributed by atoms with Crippen molar-refractivity contribution in [3.63, 3.8) is 0 Å². The number of hydrogen-bond acceptors (Lipinski definition) is 5. The van der Waals surface area contributed by atoms with Crippen molar-refractivity contribution in [2.24, 2.45) is 0 Å². The van der Waals surface area contributed by atoms with Gasteiger partial charge in [-0.3, -0.25) is 9.59 Å². The molecule has 5 nitrogen and oxygen atoms in total. The Kier molecular flexibility index (Phi) is 10.3. The number of halogens is 1. The number of fused-ring (bicyclic) bond motifs is 1. The molecule has 2 aromatic carbocycles. The molecule has 0 fully saturated rings. The first-order chi connectivity index (χ1) is 16.4. The molecule has 1 aromatic heterocycles. The third-order valence-electron chi connectivity index (χ3n) is 4.91. The van der Waals surface area contributed by atoms with Gasteiger partial charge in [0.2, 0.25) is 0 Å². The predicted octanol–water partition coefficient (Wildman–Crippen LogP) is 7.25. The van der Waals surface area contributed by atoms with Crippen molar-refractivity contribution in [2.75, 3.05) is 11.5 Å². The van der Waals surface area contributed by atoms with E-state index in [1.807, 2.05) is 54.6 Å². The molecule has 3 aromatic rings. The van der Waals surface area contributed by atoms with Crippen LogP contribution in [0.5, 0.6) is 0 Å². The van der Waals surface area contributed by atoms with E-state index in [1.54, 1.807) is 23.5 Å². The molecule has 0 spiro atoms. The van der Waals surface area contributed by atoms with Gasteiger partial charge >= 0.3 is 11.9 Å². The minimum Gasteiger partial charge on any atom is -0.481 e. The first-order valence-electron chi connectivity index (χ1n) is 10.9. The van der Waals surface area contributed by atoms with Crippen LogP contribution in [-0.4, -0.2) is 38.6 Å². The maximum atomic E-state index is 10.8. The van der Waals surface area contributed by atoms with Gasteiger partial charge in [-0.1, -0.05) is 48.0 Å². The number of nitrogens with zero attached hydrogens (tertiary/aromatic N) is 1. The predicted molar refractivity (Wildman–Crippen MR) is 144 cm³/mol. The van der Waals surface area contributed by atoms with Crippen LogP contribution < -0.4 is 0 Å². The van der Waals surface area contributed by atoms with Crippen LogP contribution in [0.4, 0.5) is 0 Å². The number of aromatic nitrogens is 1. The fraction of sp³-hybridized carbons (Fsp3) is 0.269. The average Bonchev–Trinajstić information content (AvgIpc) is 2.81. The largest absolute Gasteiger partial charge is 0.481 e. The van der Waals surface area contributed by atoms with Crippen LogP contribution in [0.25, 0.3) is 23.1 Å². The van der Waals surface area contributed by atoms with Gasteiger partial charge in [0.1, 0.15) is 0 Å². The molecule has 178 valence electrons. The third-order valence-corrected chi connectivity index (χ3v) is 8.16. The zero-order valence-corrected chi connectivity index (χ0v) is 20.9. The lowest BCUT2D eigenvalue weighted by Crippen LogP contribution is -1.99. The zero-order chi connectivity index (χ0) is 24.3. The minimum absolute atomic E-state index is 0.108. The van der Waals surface area contributed by atoms with Gasteiger partial charge < -0.3 is 10.2 Å². The van der Waals surface area contributed by atoms with Crippen LogP contribution in [0.3, 0.4) is 0 Å². The van der Waals surface area contributed by atoms with E-state index in [0.717, 1.165) is 39.2 Å². The number of thioether (sulfide) groups is 2. The van der Waals surface area contributed by atoms with Gasteiger partial charge in [-0.2, -0.15) is 0 Å². The quantitative estimate of drug-likeness (QED) is 0.183. The highest BCUT2D eigenvalue weighted by Crippen LogP contribution is 2.40. The van der Waals surface area contributed by atoms with Crippen molar-refractivity contribution in [3.05, 3.63) is 76.4 Å². The van der Waals surface area contributed by atoms with Gasteiger partial charge in [-0.25, -0.2) is 4.98 Å². The summed E-state index contributed by atoms with van der Waals surface area (Å²) >= 11 is 9.50. The van der Waals surface area contributed by atoms with Crippen molar-refractivity contribution in [3.8, 4) is 0 Å². The molecule has 0 amide bonds. The van der Waals surface area contributed by atoms with Gasteiger partial charge in [0, 0.05) is 23.3 Å². The second-order valence-corrected chi connectivity index (χ2v) is 10.8. The Morgan fingerprint density at radius 3 is 2.26 bits per heavy atom. The fourth-order valence-corrected chi connectivity index (χ4v) is 6.11. The molecule has 34 heavy (non-hydrogen) atoms. The SMILES string of the molecule is O=C(O)CCCSC(SCCCC(=O)O)c1cccc(/C=C/c2ccc3ccc(Cl)cc3n2)c1. The number of pyridine rings is 1. The van der Waals surface area contributed by atoms with Crippen molar-refractivity contribution < 1.29 is 19.8 Å². The van der Waals surface area contributed by atoms with E-state index in [4.69, 9.17) is 21.8 Å². The Hall–Kier alpha value is -2.48. The number of carboxylic acids is 2. The van der Waals surface area contributed by atoms with Gasteiger partial charge in [0.05, 0.1) is 15.8 Å². The van der Waals surface area contributed by atoms with Crippen LogP contribution in [0.15, 0.2) is 54.6 Å². The standard InChI is InChI=1S/C26H26ClNO4S2/c27-21-11-9-19-10-13-22(28-23(19)17-21)12-8-18-4-1-5-20(16-18)26(33-14-2-6-24(29)30)34-15-3-7-25(31)32/h1,4-5,8-13,16-17,26H,2-3,6-7,14-15H2,(H,29,30)(H,31,32)/b12-8+. The van der Waals surface area contributed by atoms with Crippen LogP contribution in [0.2, 0.25) is 5.02 Å². The highest BCUT2D eigenvalue weighted by molar-refractivity contribution is 8.16. The monoisotopic (exact) mass is 515 g/mol. The van der Waals surface area contributed by atoms with Crippen LogP contribution in [-0.2, 0) is 9.59 Å².